The van der Waals surface area contributed by atoms with Crippen molar-refractivity contribution in [2.75, 3.05) is 12.4 Å². The molecule has 0 bridgehead atoms. The molecular weight excluding hydrogens is 334 g/mol. The molecular formula is C18H19N5O3. The Balaban J connectivity index is 1.86. The highest BCUT2D eigenvalue weighted by Crippen LogP contribution is 2.22. The van der Waals surface area contributed by atoms with E-state index in [1.54, 1.807) is 26.0 Å². The first-order valence-electron chi connectivity index (χ1n) is 7.99. The van der Waals surface area contributed by atoms with Gasteiger partial charge in [0, 0.05) is 16.9 Å². The molecule has 0 aliphatic rings. The molecule has 0 saturated heterocycles. The predicted molar refractivity (Wildman–Crippen MR) is 96.1 cm³/mol. The summed E-state index contributed by atoms with van der Waals surface area (Å²) < 4.78 is 4.77. The van der Waals surface area contributed by atoms with Crippen LogP contribution in [0.1, 0.15) is 37.9 Å². The SMILES string of the molecule is COC(=O)c1c(C)[nH]c(C(=O)Nc2cccc(-c3n[nH]c(C)n3)c2)c1C. The van der Waals surface area contributed by atoms with E-state index < -0.39 is 5.97 Å². The molecule has 3 aromatic rings. The molecule has 134 valence electrons. The molecule has 2 heterocycles. The topological polar surface area (TPSA) is 113 Å². The number of H-pyrrole nitrogens is 2. The Morgan fingerprint density at radius 1 is 1.19 bits per heavy atom. The number of amides is 1. The summed E-state index contributed by atoms with van der Waals surface area (Å²) in [6.07, 6.45) is 0. The number of carbonyl (C=O) groups is 2. The highest BCUT2D eigenvalue weighted by molar-refractivity contribution is 6.07. The summed E-state index contributed by atoms with van der Waals surface area (Å²) in [5.74, 6) is 0.446. The molecule has 0 spiro atoms. The van der Waals surface area contributed by atoms with Crippen LogP contribution in [0.25, 0.3) is 11.4 Å². The highest BCUT2D eigenvalue weighted by Gasteiger charge is 2.22. The van der Waals surface area contributed by atoms with E-state index in [1.165, 1.54) is 7.11 Å². The van der Waals surface area contributed by atoms with Gasteiger partial charge in [-0.15, -0.1) is 0 Å². The van der Waals surface area contributed by atoms with Gasteiger partial charge in [0.25, 0.3) is 5.91 Å². The van der Waals surface area contributed by atoms with Gasteiger partial charge in [-0.3, -0.25) is 9.89 Å². The summed E-state index contributed by atoms with van der Waals surface area (Å²) in [7, 11) is 1.31. The number of ether oxygens (including phenoxy) is 1. The van der Waals surface area contributed by atoms with Gasteiger partial charge in [0.15, 0.2) is 5.82 Å². The maximum atomic E-state index is 12.6. The van der Waals surface area contributed by atoms with Gasteiger partial charge in [-0.05, 0) is 38.5 Å². The van der Waals surface area contributed by atoms with Gasteiger partial charge in [0.05, 0.1) is 12.7 Å². The van der Waals surface area contributed by atoms with Crippen molar-refractivity contribution in [2.45, 2.75) is 20.8 Å². The molecule has 3 rings (SSSR count). The Bertz CT molecular complexity index is 987. The molecule has 3 N–H and O–H groups in total. The van der Waals surface area contributed by atoms with E-state index in [1.807, 2.05) is 19.1 Å². The molecule has 0 atom stereocenters. The molecule has 0 radical (unpaired) electrons. The Labute approximate surface area is 150 Å². The number of carbonyl (C=O) groups excluding carboxylic acids is 2. The average molecular weight is 353 g/mol. The third kappa shape index (κ3) is 3.21. The van der Waals surface area contributed by atoms with Crippen molar-refractivity contribution >= 4 is 17.6 Å². The van der Waals surface area contributed by atoms with E-state index in [-0.39, 0.29) is 5.91 Å². The van der Waals surface area contributed by atoms with Crippen LogP contribution in [0.4, 0.5) is 5.69 Å². The number of hydrogen-bond acceptors (Lipinski definition) is 5. The second-order valence-electron chi connectivity index (χ2n) is 5.90. The van der Waals surface area contributed by atoms with Gasteiger partial charge in [-0.2, -0.15) is 5.10 Å². The fourth-order valence-corrected chi connectivity index (χ4v) is 2.79. The zero-order chi connectivity index (χ0) is 18.8. The van der Waals surface area contributed by atoms with E-state index in [0.29, 0.717) is 39.9 Å². The number of nitrogens with one attached hydrogen (secondary N) is 3. The maximum absolute atomic E-state index is 12.6. The van der Waals surface area contributed by atoms with Gasteiger partial charge in [0.2, 0.25) is 0 Å². The summed E-state index contributed by atoms with van der Waals surface area (Å²) in [6, 6.07) is 7.22. The van der Waals surface area contributed by atoms with Crippen LogP contribution in [0, 0.1) is 20.8 Å². The van der Waals surface area contributed by atoms with Crippen LogP contribution in [0.2, 0.25) is 0 Å². The molecule has 0 saturated carbocycles. The van der Waals surface area contributed by atoms with E-state index in [4.69, 9.17) is 4.74 Å². The molecule has 1 amide bonds. The van der Waals surface area contributed by atoms with Crippen LogP contribution in [0.5, 0.6) is 0 Å². The summed E-state index contributed by atoms with van der Waals surface area (Å²) in [5, 5.41) is 9.73. The molecule has 26 heavy (non-hydrogen) atoms. The molecule has 8 nitrogen and oxygen atoms in total. The van der Waals surface area contributed by atoms with Crippen LogP contribution in [-0.2, 0) is 4.74 Å². The fraction of sp³-hybridized carbons (Fsp3) is 0.222. The lowest BCUT2D eigenvalue weighted by Crippen LogP contribution is -2.14. The van der Waals surface area contributed by atoms with Crippen molar-refractivity contribution in [3.05, 3.63) is 52.6 Å². The third-order valence-electron chi connectivity index (χ3n) is 4.03. The number of aromatic nitrogens is 4. The third-order valence-corrected chi connectivity index (χ3v) is 4.03. The van der Waals surface area contributed by atoms with Crippen LogP contribution in [-0.4, -0.2) is 39.2 Å². The van der Waals surface area contributed by atoms with Crippen LogP contribution in [0.15, 0.2) is 24.3 Å². The molecule has 0 fully saturated rings. The van der Waals surface area contributed by atoms with Crippen molar-refractivity contribution in [3.8, 4) is 11.4 Å². The number of rotatable bonds is 4. The number of aromatic amines is 2. The molecule has 1 aromatic carbocycles. The number of hydrogen-bond donors (Lipinski definition) is 3. The second-order valence-corrected chi connectivity index (χ2v) is 5.90. The number of esters is 1. The van der Waals surface area contributed by atoms with E-state index >= 15 is 0 Å². The lowest BCUT2D eigenvalue weighted by Gasteiger charge is -2.06. The van der Waals surface area contributed by atoms with Gasteiger partial charge >= 0.3 is 5.97 Å². The minimum atomic E-state index is -0.475. The highest BCUT2D eigenvalue weighted by atomic mass is 16.5. The second kappa shape index (κ2) is 6.83. The Hall–Kier alpha value is -3.42. The van der Waals surface area contributed by atoms with Gasteiger partial charge < -0.3 is 15.0 Å². The van der Waals surface area contributed by atoms with Crippen molar-refractivity contribution < 1.29 is 14.3 Å². The number of aryl methyl sites for hydroxylation is 2. The zero-order valence-electron chi connectivity index (χ0n) is 14.9. The van der Waals surface area contributed by atoms with Crippen molar-refractivity contribution in [1.29, 1.82) is 0 Å². The molecule has 0 aliphatic carbocycles. The first kappa shape index (κ1) is 17.4. The van der Waals surface area contributed by atoms with E-state index in [9.17, 15) is 9.59 Å². The molecule has 0 unspecified atom stereocenters. The molecule has 0 aliphatic heterocycles. The van der Waals surface area contributed by atoms with Crippen LogP contribution < -0.4 is 5.32 Å². The number of methoxy groups -OCH3 is 1. The minimum Gasteiger partial charge on any atom is -0.465 e. The smallest absolute Gasteiger partial charge is 0.339 e. The maximum Gasteiger partial charge on any atom is 0.339 e. The van der Waals surface area contributed by atoms with Crippen LogP contribution >= 0.6 is 0 Å². The summed E-state index contributed by atoms with van der Waals surface area (Å²) in [5.41, 5.74) is 3.21. The van der Waals surface area contributed by atoms with Gasteiger partial charge in [0.1, 0.15) is 11.5 Å². The Kier molecular flexibility index (Phi) is 4.57. The molecule has 8 heteroatoms. The minimum absolute atomic E-state index is 0.321. The standard InChI is InChI=1S/C18H19N5O3/c1-9-14(18(25)26-4)10(2)19-15(9)17(24)21-13-7-5-6-12(8-13)16-20-11(3)22-23-16/h5-8,19H,1-4H3,(H,21,24)(H,20,22,23). The number of nitrogens with zero attached hydrogens (tertiary/aromatic N) is 2. The number of benzene rings is 1. The first-order chi connectivity index (χ1) is 12.4. The van der Waals surface area contributed by atoms with Crippen molar-refractivity contribution in [2.24, 2.45) is 0 Å². The normalized spacial score (nSPS) is 10.6. The largest absolute Gasteiger partial charge is 0.465 e. The van der Waals surface area contributed by atoms with Crippen LogP contribution in [0.3, 0.4) is 0 Å². The Morgan fingerprint density at radius 3 is 2.62 bits per heavy atom. The summed E-state index contributed by atoms with van der Waals surface area (Å²) in [6.45, 7) is 5.25. The number of anilines is 1. The van der Waals surface area contributed by atoms with E-state index in [0.717, 1.165) is 5.56 Å². The van der Waals surface area contributed by atoms with E-state index in [2.05, 4.69) is 25.5 Å². The van der Waals surface area contributed by atoms with Gasteiger partial charge in [-0.25, -0.2) is 9.78 Å². The quantitative estimate of drug-likeness (QED) is 0.624. The Morgan fingerprint density at radius 2 is 1.96 bits per heavy atom. The van der Waals surface area contributed by atoms with Crippen molar-refractivity contribution in [3.63, 3.8) is 0 Å². The predicted octanol–water partition coefficient (Wildman–Crippen LogP) is 2.76. The monoisotopic (exact) mass is 353 g/mol. The van der Waals surface area contributed by atoms with Crippen molar-refractivity contribution in [1.82, 2.24) is 20.2 Å². The lowest BCUT2D eigenvalue weighted by molar-refractivity contribution is 0.0599. The summed E-state index contributed by atoms with van der Waals surface area (Å²) >= 11 is 0. The lowest BCUT2D eigenvalue weighted by atomic mass is 10.1. The summed E-state index contributed by atoms with van der Waals surface area (Å²) in [4.78, 5) is 31.7. The fourth-order valence-electron chi connectivity index (χ4n) is 2.79. The molecule has 2 aromatic heterocycles. The zero-order valence-corrected chi connectivity index (χ0v) is 14.9. The average Bonchev–Trinajstić information content (AvgIpc) is 3.18. The van der Waals surface area contributed by atoms with Gasteiger partial charge in [-0.1, -0.05) is 12.1 Å². The first-order valence-corrected chi connectivity index (χ1v) is 7.99.